The molecule has 0 aliphatic heterocycles. The van der Waals surface area contributed by atoms with E-state index >= 15 is 0 Å². The summed E-state index contributed by atoms with van der Waals surface area (Å²) in [6.45, 7) is 0. The van der Waals surface area contributed by atoms with Gasteiger partial charge in [-0.15, -0.1) is 0 Å². The van der Waals surface area contributed by atoms with Gasteiger partial charge in [0, 0.05) is 35.7 Å². The van der Waals surface area contributed by atoms with Crippen molar-refractivity contribution in [3.63, 3.8) is 0 Å². The maximum absolute atomic E-state index is 11.8. The number of hydrogen-bond donors (Lipinski definition) is 1. The van der Waals surface area contributed by atoms with Crippen LogP contribution in [0.15, 0.2) is 70.4 Å². The van der Waals surface area contributed by atoms with Gasteiger partial charge < -0.3 is 4.42 Å². The van der Waals surface area contributed by atoms with Gasteiger partial charge in [-0.2, -0.15) is 5.10 Å². The average molecular weight is 336 g/mol. The Kier molecular flexibility index (Phi) is 4.61. The minimum absolute atomic E-state index is 0.0197. The summed E-state index contributed by atoms with van der Waals surface area (Å²) in [5, 5.41) is 14.6. The number of nitrogens with one attached hydrogen (secondary N) is 1. The van der Waals surface area contributed by atoms with Crippen LogP contribution in [-0.2, 0) is 0 Å². The second-order valence-corrected chi connectivity index (χ2v) is 4.94. The van der Waals surface area contributed by atoms with E-state index in [1.807, 2.05) is 0 Å². The molecule has 0 bridgehead atoms. The molecular weight excluding hydrogens is 324 g/mol. The Balaban J connectivity index is 1.68. The van der Waals surface area contributed by atoms with Crippen LogP contribution >= 0.6 is 0 Å². The van der Waals surface area contributed by atoms with Crippen molar-refractivity contribution in [1.82, 2.24) is 10.4 Å². The SMILES string of the molecule is O=C(N/N=C/c1ccc(-c2cccc([N+](=O)[O-])c2)o1)c1ccncc1. The molecule has 0 atom stereocenters. The molecule has 0 fully saturated rings. The average Bonchev–Trinajstić information content (AvgIpc) is 3.11. The molecule has 124 valence electrons. The van der Waals surface area contributed by atoms with Crippen LogP contribution in [0, 0.1) is 10.1 Å². The molecule has 1 aromatic carbocycles. The van der Waals surface area contributed by atoms with E-state index in [1.54, 1.807) is 36.4 Å². The number of non-ortho nitro benzene ring substituents is 1. The van der Waals surface area contributed by atoms with Crippen molar-refractivity contribution in [1.29, 1.82) is 0 Å². The van der Waals surface area contributed by atoms with Crippen molar-refractivity contribution in [3.05, 3.63) is 82.4 Å². The molecule has 0 spiro atoms. The topological polar surface area (TPSA) is 111 Å². The minimum atomic E-state index is -0.469. The number of carbonyl (C=O) groups excluding carboxylic acids is 1. The molecule has 0 radical (unpaired) electrons. The molecule has 2 heterocycles. The number of nitrogens with zero attached hydrogens (tertiary/aromatic N) is 3. The van der Waals surface area contributed by atoms with E-state index in [0.29, 0.717) is 22.6 Å². The predicted molar refractivity (Wildman–Crippen MR) is 90.1 cm³/mol. The molecule has 3 aromatic rings. The predicted octanol–water partition coefficient (Wildman–Crippen LogP) is 3.01. The summed E-state index contributed by atoms with van der Waals surface area (Å²) in [6.07, 6.45) is 4.37. The normalized spacial score (nSPS) is 10.7. The first-order valence-electron chi connectivity index (χ1n) is 7.21. The summed E-state index contributed by atoms with van der Waals surface area (Å²) in [5.74, 6) is 0.492. The number of benzene rings is 1. The first kappa shape index (κ1) is 16.1. The highest BCUT2D eigenvalue weighted by Gasteiger charge is 2.10. The Morgan fingerprint density at radius 1 is 1.20 bits per heavy atom. The summed E-state index contributed by atoms with van der Waals surface area (Å²) >= 11 is 0. The molecule has 0 saturated heterocycles. The summed E-state index contributed by atoms with van der Waals surface area (Å²) in [7, 11) is 0. The minimum Gasteiger partial charge on any atom is -0.455 e. The van der Waals surface area contributed by atoms with Crippen molar-refractivity contribution in [2.45, 2.75) is 0 Å². The van der Waals surface area contributed by atoms with E-state index in [4.69, 9.17) is 4.42 Å². The number of hydrazone groups is 1. The van der Waals surface area contributed by atoms with E-state index in [2.05, 4.69) is 15.5 Å². The van der Waals surface area contributed by atoms with E-state index < -0.39 is 4.92 Å². The number of nitro benzene ring substituents is 1. The molecule has 0 unspecified atom stereocenters. The van der Waals surface area contributed by atoms with Crippen molar-refractivity contribution < 1.29 is 14.1 Å². The van der Waals surface area contributed by atoms with Crippen LogP contribution in [0.2, 0.25) is 0 Å². The van der Waals surface area contributed by atoms with Gasteiger partial charge in [-0.25, -0.2) is 5.43 Å². The molecule has 8 nitrogen and oxygen atoms in total. The van der Waals surface area contributed by atoms with Gasteiger partial charge in [0.15, 0.2) is 0 Å². The highest BCUT2D eigenvalue weighted by molar-refractivity contribution is 5.94. The van der Waals surface area contributed by atoms with Gasteiger partial charge in [0.25, 0.3) is 11.6 Å². The van der Waals surface area contributed by atoms with Crippen molar-refractivity contribution in [3.8, 4) is 11.3 Å². The summed E-state index contributed by atoms with van der Waals surface area (Å²) in [5.41, 5.74) is 3.37. The molecular formula is C17H12N4O4. The molecule has 0 saturated carbocycles. The highest BCUT2D eigenvalue weighted by Crippen LogP contribution is 2.25. The lowest BCUT2D eigenvalue weighted by Gasteiger charge is -1.98. The lowest BCUT2D eigenvalue weighted by atomic mass is 10.1. The Bertz CT molecular complexity index is 935. The van der Waals surface area contributed by atoms with Crippen molar-refractivity contribution >= 4 is 17.8 Å². The fraction of sp³-hybridized carbons (Fsp3) is 0. The number of amides is 1. The van der Waals surface area contributed by atoms with Gasteiger partial charge in [0.2, 0.25) is 0 Å². The first-order chi connectivity index (χ1) is 12.1. The van der Waals surface area contributed by atoms with Gasteiger partial charge in [-0.3, -0.25) is 19.9 Å². The molecule has 25 heavy (non-hydrogen) atoms. The van der Waals surface area contributed by atoms with Gasteiger partial charge in [0.1, 0.15) is 11.5 Å². The van der Waals surface area contributed by atoms with Crippen LogP contribution in [0.1, 0.15) is 16.1 Å². The van der Waals surface area contributed by atoms with Gasteiger partial charge >= 0.3 is 0 Å². The third-order valence-electron chi connectivity index (χ3n) is 3.27. The highest BCUT2D eigenvalue weighted by atomic mass is 16.6. The fourth-order valence-electron chi connectivity index (χ4n) is 2.07. The maximum Gasteiger partial charge on any atom is 0.271 e. The molecule has 2 aromatic heterocycles. The van der Waals surface area contributed by atoms with E-state index in [0.717, 1.165) is 0 Å². The lowest BCUT2D eigenvalue weighted by Crippen LogP contribution is -2.17. The smallest absolute Gasteiger partial charge is 0.271 e. The van der Waals surface area contributed by atoms with E-state index in [1.165, 1.54) is 30.7 Å². The van der Waals surface area contributed by atoms with Crippen molar-refractivity contribution in [2.75, 3.05) is 0 Å². The Morgan fingerprint density at radius 2 is 2.00 bits per heavy atom. The van der Waals surface area contributed by atoms with Gasteiger partial charge in [-0.1, -0.05) is 12.1 Å². The standard InChI is InChI=1S/C17H12N4O4/c22-17(12-6-8-18-9-7-12)20-19-11-15-4-5-16(25-15)13-2-1-3-14(10-13)21(23)24/h1-11H,(H,20,22)/b19-11+. The van der Waals surface area contributed by atoms with E-state index in [-0.39, 0.29) is 11.6 Å². The monoisotopic (exact) mass is 336 g/mol. The Labute approximate surface area is 142 Å². The van der Waals surface area contributed by atoms with E-state index in [9.17, 15) is 14.9 Å². The summed E-state index contributed by atoms with van der Waals surface area (Å²) in [6, 6.07) is 12.6. The second kappa shape index (κ2) is 7.18. The number of hydrogen-bond acceptors (Lipinski definition) is 6. The second-order valence-electron chi connectivity index (χ2n) is 4.94. The fourth-order valence-corrected chi connectivity index (χ4v) is 2.07. The molecule has 0 aliphatic rings. The van der Waals surface area contributed by atoms with Crippen LogP contribution in [0.3, 0.4) is 0 Å². The number of furan rings is 1. The number of aromatic nitrogens is 1. The number of nitro groups is 1. The van der Waals surface area contributed by atoms with Crippen LogP contribution in [0.4, 0.5) is 5.69 Å². The third kappa shape index (κ3) is 3.94. The zero-order chi connectivity index (χ0) is 17.6. The maximum atomic E-state index is 11.8. The lowest BCUT2D eigenvalue weighted by molar-refractivity contribution is -0.384. The van der Waals surface area contributed by atoms with Crippen LogP contribution in [-0.4, -0.2) is 22.0 Å². The summed E-state index contributed by atoms with van der Waals surface area (Å²) < 4.78 is 5.56. The Morgan fingerprint density at radius 3 is 2.76 bits per heavy atom. The number of carbonyl (C=O) groups is 1. The summed E-state index contributed by atoms with van der Waals surface area (Å²) in [4.78, 5) is 26.0. The molecule has 0 aliphatic carbocycles. The van der Waals surface area contributed by atoms with Crippen LogP contribution < -0.4 is 5.43 Å². The third-order valence-corrected chi connectivity index (χ3v) is 3.27. The largest absolute Gasteiger partial charge is 0.455 e. The van der Waals surface area contributed by atoms with Gasteiger partial charge in [-0.05, 0) is 24.3 Å². The van der Waals surface area contributed by atoms with Gasteiger partial charge in [0.05, 0.1) is 11.1 Å². The van der Waals surface area contributed by atoms with Crippen LogP contribution in [0.25, 0.3) is 11.3 Å². The zero-order valence-electron chi connectivity index (χ0n) is 12.8. The number of rotatable bonds is 5. The van der Waals surface area contributed by atoms with Crippen molar-refractivity contribution in [2.24, 2.45) is 5.10 Å². The number of pyridine rings is 1. The quantitative estimate of drug-likeness (QED) is 0.437. The first-order valence-corrected chi connectivity index (χ1v) is 7.21. The zero-order valence-corrected chi connectivity index (χ0v) is 12.8. The van der Waals surface area contributed by atoms with Crippen LogP contribution in [0.5, 0.6) is 0 Å². The molecule has 8 heteroatoms. The molecule has 1 amide bonds. The molecule has 1 N–H and O–H groups in total. The Hall–Kier alpha value is -3.81. The molecule has 3 rings (SSSR count).